The fraction of sp³-hybridized carbons (Fsp3) is 0.714. The Morgan fingerprint density at radius 2 is 2.20 bits per heavy atom. The molecule has 0 aliphatic carbocycles. The Morgan fingerprint density at radius 1 is 1.50 bits per heavy atom. The highest BCUT2D eigenvalue weighted by Gasteiger charge is 2.16. The Morgan fingerprint density at radius 3 is 2.85 bits per heavy atom. The SMILES string of the molecule is CC(C)C(=O)N(C)Cc1csc(CN2CCOCC2)n1. The largest absolute Gasteiger partial charge is 0.379 e. The number of rotatable bonds is 5. The molecule has 1 aliphatic rings. The van der Waals surface area contributed by atoms with Crippen LogP contribution in [0.4, 0.5) is 0 Å². The van der Waals surface area contributed by atoms with Crippen LogP contribution in [0.2, 0.25) is 0 Å². The molecular formula is C14H23N3O2S. The van der Waals surface area contributed by atoms with E-state index < -0.39 is 0 Å². The normalized spacial score (nSPS) is 16.6. The number of aromatic nitrogens is 1. The van der Waals surface area contributed by atoms with Gasteiger partial charge in [0.05, 0.1) is 32.0 Å². The van der Waals surface area contributed by atoms with Crippen LogP contribution in [-0.2, 0) is 22.6 Å². The highest BCUT2D eigenvalue weighted by atomic mass is 32.1. The molecule has 1 aromatic rings. The van der Waals surface area contributed by atoms with E-state index in [0.717, 1.165) is 43.5 Å². The number of amides is 1. The summed E-state index contributed by atoms with van der Waals surface area (Å²) in [5.41, 5.74) is 0.981. The first-order valence-electron chi connectivity index (χ1n) is 7.04. The van der Waals surface area contributed by atoms with E-state index in [1.54, 1.807) is 16.2 Å². The van der Waals surface area contributed by atoms with Crippen LogP contribution in [-0.4, -0.2) is 54.0 Å². The van der Waals surface area contributed by atoms with E-state index in [1.165, 1.54) is 0 Å². The van der Waals surface area contributed by atoms with Crippen LogP contribution in [0, 0.1) is 5.92 Å². The summed E-state index contributed by atoms with van der Waals surface area (Å²) in [4.78, 5) is 20.6. The van der Waals surface area contributed by atoms with Crippen LogP contribution in [0.25, 0.3) is 0 Å². The molecular weight excluding hydrogens is 274 g/mol. The minimum atomic E-state index is 0.0338. The number of ether oxygens (including phenoxy) is 1. The zero-order valence-electron chi connectivity index (χ0n) is 12.5. The summed E-state index contributed by atoms with van der Waals surface area (Å²) in [5.74, 6) is 0.194. The molecule has 1 amide bonds. The van der Waals surface area contributed by atoms with Crippen LogP contribution >= 0.6 is 11.3 Å². The maximum atomic E-state index is 11.9. The average molecular weight is 297 g/mol. The standard InChI is InChI=1S/C14H23N3O2S/c1-11(2)14(18)16(3)8-12-10-20-13(15-12)9-17-4-6-19-7-5-17/h10-11H,4-9H2,1-3H3. The first kappa shape index (κ1) is 15.4. The number of thiazole rings is 1. The van der Waals surface area contributed by atoms with Crippen molar-refractivity contribution in [2.45, 2.75) is 26.9 Å². The maximum Gasteiger partial charge on any atom is 0.225 e. The van der Waals surface area contributed by atoms with Crippen molar-refractivity contribution in [3.63, 3.8) is 0 Å². The fourth-order valence-corrected chi connectivity index (χ4v) is 3.03. The Hall–Kier alpha value is -0.980. The average Bonchev–Trinajstić information content (AvgIpc) is 2.86. The lowest BCUT2D eigenvalue weighted by atomic mass is 10.2. The molecule has 1 fully saturated rings. The van der Waals surface area contributed by atoms with Gasteiger partial charge in [-0.2, -0.15) is 0 Å². The topological polar surface area (TPSA) is 45.7 Å². The molecule has 2 rings (SSSR count). The second-order valence-electron chi connectivity index (χ2n) is 5.47. The Labute approximate surface area is 124 Å². The second kappa shape index (κ2) is 7.15. The van der Waals surface area contributed by atoms with Crippen molar-refractivity contribution in [1.29, 1.82) is 0 Å². The van der Waals surface area contributed by atoms with E-state index in [9.17, 15) is 4.79 Å². The van der Waals surface area contributed by atoms with Crippen molar-refractivity contribution < 1.29 is 9.53 Å². The van der Waals surface area contributed by atoms with E-state index in [-0.39, 0.29) is 11.8 Å². The fourth-order valence-electron chi connectivity index (χ4n) is 2.21. The number of carbonyl (C=O) groups excluding carboxylic acids is 1. The van der Waals surface area contributed by atoms with Crippen molar-refractivity contribution in [3.05, 3.63) is 16.1 Å². The minimum Gasteiger partial charge on any atom is -0.379 e. The summed E-state index contributed by atoms with van der Waals surface area (Å²) in [6.45, 7) is 8.88. The lowest BCUT2D eigenvalue weighted by Gasteiger charge is -2.25. The van der Waals surface area contributed by atoms with Gasteiger partial charge in [-0.1, -0.05) is 13.8 Å². The van der Waals surface area contributed by atoms with Crippen molar-refractivity contribution in [2.24, 2.45) is 5.92 Å². The Bertz CT molecular complexity index is 441. The van der Waals surface area contributed by atoms with Crippen LogP contribution in [0.5, 0.6) is 0 Å². The van der Waals surface area contributed by atoms with Crippen LogP contribution in [0.3, 0.4) is 0 Å². The summed E-state index contributed by atoms with van der Waals surface area (Å²) in [5, 5.41) is 3.17. The van der Waals surface area contributed by atoms with Gasteiger partial charge in [-0.05, 0) is 0 Å². The Balaban J connectivity index is 1.86. The molecule has 1 aliphatic heterocycles. The van der Waals surface area contributed by atoms with Gasteiger partial charge in [0.25, 0.3) is 0 Å². The van der Waals surface area contributed by atoms with Crippen LogP contribution < -0.4 is 0 Å². The molecule has 0 atom stereocenters. The van der Waals surface area contributed by atoms with Crippen molar-refractivity contribution in [2.75, 3.05) is 33.4 Å². The summed E-state index contributed by atoms with van der Waals surface area (Å²) in [7, 11) is 1.84. The minimum absolute atomic E-state index is 0.0338. The van der Waals surface area contributed by atoms with Crippen molar-refractivity contribution >= 4 is 17.2 Å². The van der Waals surface area contributed by atoms with Crippen molar-refractivity contribution in [1.82, 2.24) is 14.8 Å². The highest BCUT2D eigenvalue weighted by molar-refractivity contribution is 7.09. The smallest absolute Gasteiger partial charge is 0.225 e. The lowest BCUT2D eigenvalue weighted by molar-refractivity contribution is -0.133. The molecule has 0 radical (unpaired) electrons. The summed E-state index contributed by atoms with van der Waals surface area (Å²) in [6.07, 6.45) is 0. The molecule has 0 aromatic carbocycles. The summed E-state index contributed by atoms with van der Waals surface area (Å²) >= 11 is 1.67. The maximum absolute atomic E-state index is 11.9. The molecule has 0 N–H and O–H groups in total. The van der Waals surface area contributed by atoms with E-state index in [2.05, 4.69) is 15.3 Å². The quantitative estimate of drug-likeness (QED) is 0.828. The summed E-state index contributed by atoms with van der Waals surface area (Å²) < 4.78 is 5.34. The lowest BCUT2D eigenvalue weighted by Crippen LogP contribution is -2.35. The number of hydrogen-bond donors (Lipinski definition) is 0. The predicted molar refractivity (Wildman–Crippen MR) is 79.5 cm³/mol. The molecule has 0 spiro atoms. The zero-order valence-corrected chi connectivity index (χ0v) is 13.3. The third-order valence-electron chi connectivity index (χ3n) is 3.33. The van der Waals surface area contributed by atoms with E-state index in [0.29, 0.717) is 6.54 Å². The zero-order chi connectivity index (χ0) is 14.5. The third-order valence-corrected chi connectivity index (χ3v) is 4.21. The highest BCUT2D eigenvalue weighted by Crippen LogP contribution is 2.15. The predicted octanol–water partition coefficient (Wildman–Crippen LogP) is 1.59. The van der Waals surface area contributed by atoms with Gasteiger partial charge in [0.15, 0.2) is 0 Å². The van der Waals surface area contributed by atoms with Crippen LogP contribution in [0.1, 0.15) is 24.5 Å². The van der Waals surface area contributed by atoms with Gasteiger partial charge < -0.3 is 9.64 Å². The molecule has 6 heteroatoms. The first-order valence-corrected chi connectivity index (χ1v) is 7.92. The monoisotopic (exact) mass is 297 g/mol. The van der Waals surface area contributed by atoms with E-state index in [4.69, 9.17) is 4.74 Å². The molecule has 2 heterocycles. The van der Waals surface area contributed by atoms with Gasteiger partial charge in [0.2, 0.25) is 5.91 Å². The number of carbonyl (C=O) groups is 1. The number of hydrogen-bond acceptors (Lipinski definition) is 5. The summed E-state index contributed by atoms with van der Waals surface area (Å²) in [6, 6.07) is 0. The molecule has 0 unspecified atom stereocenters. The molecule has 1 aromatic heterocycles. The van der Waals surface area contributed by atoms with E-state index in [1.807, 2.05) is 20.9 Å². The van der Waals surface area contributed by atoms with Gasteiger partial charge in [-0.3, -0.25) is 9.69 Å². The van der Waals surface area contributed by atoms with Gasteiger partial charge in [-0.15, -0.1) is 11.3 Å². The molecule has 1 saturated heterocycles. The molecule has 20 heavy (non-hydrogen) atoms. The molecule has 112 valence electrons. The van der Waals surface area contributed by atoms with Gasteiger partial charge in [0.1, 0.15) is 5.01 Å². The second-order valence-corrected chi connectivity index (χ2v) is 6.41. The molecule has 5 nitrogen and oxygen atoms in total. The molecule has 0 saturated carbocycles. The van der Waals surface area contributed by atoms with Crippen LogP contribution in [0.15, 0.2) is 5.38 Å². The molecule has 0 bridgehead atoms. The Kier molecular flexibility index (Phi) is 5.51. The van der Waals surface area contributed by atoms with E-state index >= 15 is 0 Å². The number of morpholine rings is 1. The third kappa shape index (κ3) is 4.26. The van der Waals surface area contributed by atoms with Crippen molar-refractivity contribution in [3.8, 4) is 0 Å². The van der Waals surface area contributed by atoms with Gasteiger partial charge >= 0.3 is 0 Å². The van der Waals surface area contributed by atoms with Gasteiger partial charge in [-0.25, -0.2) is 4.98 Å². The van der Waals surface area contributed by atoms with Gasteiger partial charge in [0, 0.05) is 31.4 Å². The first-order chi connectivity index (χ1) is 9.56. The number of nitrogens with zero attached hydrogens (tertiary/aromatic N) is 3.